The summed E-state index contributed by atoms with van der Waals surface area (Å²) >= 11 is 0. The molecule has 0 heterocycles. The summed E-state index contributed by atoms with van der Waals surface area (Å²) in [6, 6.07) is 16.6. The van der Waals surface area contributed by atoms with Crippen molar-refractivity contribution in [2.75, 3.05) is 6.29 Å². The summed E-state index contributed by atoms with van der Waals surface area (Å²) in [6.07, 6.45) is -1.77. The lowest BCUT2D eigenvalue weighted by Gasteiger charge is -2.22. The number of hydrogen-bond acceptors (Lipinski definition) is 6. The van der Waals surface area contributed by atoms with Gasteiger partial charge in [-0.1, -0.05) is 48.5 Å². The second kappa shape index (κ2) is 8.29. The Balaban J connectivity index is 1.78. The molecule has 7 nitrogen and oxygen atoms in total. The number of alkyl carbamates (subject to hydrolysis) is 1. The number of rotatable bonds is 6. The second-order valence-corrected chi connectivity index (χ2v) is 6.47. The molecule has 2 aromatic rings. The Hall–Kier alpha value is -2.63. The molecule has 0 fully saturated rings. The highest BCUT2D eigenvalue weighted by atomic mass is 31.2. The van der Waals surface area contributed by atoms with Crippen LogP contribution in [-0.2, 0) is 20.4 Å². The van der Waals surface area contributed by atoms with Crippen molar-refractivity contribution in [2.24, 2.45) is 0 Å². The molecule has 0 aliphatic heterocycles. The molecule has 0 aliphatic carbocycles. The van der Waals surface area contributed by atoms with E-state index in [4.69, 9.17) is 4.74 Å². The fraction of sp³-hybridized carbons (Fsp3) is 0.125. The van der Waals surface area contributed by atoms with E-state index < -0.39 is 25.9 Å². The van der Waals surface area contributed by atoms with Gasteiger partial charge < -0.3 is 19.5 Å². The van der Waals surface area contributed by atoms with Crippen LogP contribution < -0.4 is 10.2 Å². The molecular formula is C16H15NO6P-. The molecule has 0 saturated heterocycles. The van der Waals surface area contributed by atoms with E-state index in [0.717, 1.165) is 5.56 Å². The molecule has 126 valence electrons. The first-order chi connectivity index (χ1) is 11.5. The summed E-state index contributed by atoms with van der Waals surface area (Å²) in [5.41, 5.74) is 0.855. The van der Waals surface area contributed by atoms with Gasteiger partial charge in [0.1, 0.15) is 6.61 Å². The number of hydrogen-bond donors (Lipinski definition) is 1. The van der Waals surface area contributed by atoms with Crippen molar-refractivity contribution in [2.45, 2.75) is 6.61 Å². The molecule has 0 saturated carbocycles. The minimum Gasteiger partial charge on any atom is -0.768 e. The molecule has 1 amide bonds. The highest BCUT2D eigenvalue weighted by molar-refractivity contribution is 7.51. The van der Waals surface area contributed by atoms with Crippen molar-refractivity contribution in [1.29, 1.82) is 0 Å². The first-order valence-corrected chi connectivity index (χ1v) is 8.73. The van der Waals surface area contributed by atoms with Gasteiger partial charge in [-0.25, -0.2) is 9.59 Å². The lowest BCUT2D eigenvalue weighted by atomic mass is 10.2. The van der Waals surface area contributed by atoms with Crippen LogP contribution in [-0.4, -0.2) is 18.3 Å². The van der Waals surface area contributed by atoms with Gasteiger partial charge in [-0.3, -0.25) is 4.57 Å². The monoisotopic (exact) mass is 348 g/mol. The van der Waals surface area contributed by atoms with E-state index >= 15 is 0 Å². The van der Waals surface area contributed by atoms with Gasteiger partial charge in [0, 0.05) is 0 Å². The Bertz CT molecular complexity index is 735. The van der Waals surface area contributed by atoms with E-state index in [1.165, 1.54) is 12.1 Å². The Morgan fingerprint density at radius 1 is 1.00 bits per heavy atom. The van der Waals surface area contributed by atoms with Gasteiger partial charge in [0.25, 0.3) is 0 Å². The number of carbonyl (C=O) groups excluding carboxylic acids is 2. The average Bonchev–Trinajstić information content (AvgIpc) is 2.59. The maximum Gasteiger partial charge on any atom is 0.407 e. The SMILES string of the molecule is O=C(NCP(=O)([O-])OC(=O)c1ccccc1)OCc1ccccc1. The molecule has 0 spiro atoms. The summed E-state index contributed by atoms with van der Waals surface area (Å²) in [5, 5.41) is 2.04. The van der Waals surface area contributed by atoms with E-state index in [0.29, 0.717) is 0 Å². The number of amides is 1. The topological polar surface area (TPSA) is 105 Å². The molecule has 1 unspecified atom stereocenters. The van der Waals surface area contributed by atoms with Crippen LogP contribution in [0, 0.1) is 0 Å². The van der Waals surface area contributed by atoms with Crippen molar-refractivity contribution in [1.82, 2.24) is 5.32 Å². The first kappa shape index (κ1) is 17.7. The standard InChI is InChI=1S/C16H16NO6P/c18-15(14-9-5-2-6-10-14)23-24(20,21)12-17-16(19)22-11-13-7-3-1-4-8-13/h1-10H,11-12H2,(H,17,19)(H,20,21)/p-1. The largest absolute Gasteiger partial charge is 0.768 e. The van der Waals surface area contributed by atoms with Crippen LogP contribution in [0.25, 0.3) is 0 Å². The van der Waals surface area contributed by atoms with Gasteiger partial charge >= 0.3 is 12.1 Å². The maximum atomic E-state index is 11.7. The molecule has 0 radical (unpaired) electrons. The van der Waals surface area contributed by atoms with Gasteiger partial charge in [0.2, 0.25) is 7.60 Å². The van der Waals surface area contributed by atoms with Crippen LogP contribution in [0.1, 0.15) is 15.9 Å². The van der Waals surface area contributed by atoms with Gasteiger partial charge in [-0.15, -0.1) is 0 Å². The van der Waals surface area contributed by atoms with Gasteiger partial charge in [-0.2, -0.15) is 0 Å². The minimum absolute atomic E-state index is 0.000362. The Morgan fingerprint density at radius 2 is 1.58 bits per heavy atom. The van der Waals surface area contributed by atoms with Crippen LogP contribution in [0.2, 0.25) is 0 Å². The quantitative estimate of drug-likeness (QED) is 0.803. The van der Waals surface area contributed by atoms with Crippen LogP contribution in [0.4, 0.5) is 4.79 Å². The molecule has 8 heteroatoms. The van der Waals surface area contributed by atoms with Crippen molar-refractivity contribution >= 4 is 19.7 Å². The molecule has 1 N–H and O–H groups in total. The second-order valence-electron chi connectivity index (χ2n) is 4.75. The van der Waals surface area contributed by atoms with Gasteiger partial charge in [0.15, 0.2) is 0 Å². The van der Waals surface area contributed by atoms with Crippen LogP contribution in [0.3, 0.4) is 0 Å². The zero-order valence-corrected chi connectivity index (χ0v) is 13.5. The van der Waals surface area contributed by atoms with E-state index in [9.17, 15) is 19.0 Å². The molecule has 0 aliphatic rings. The third-order valence-electron chi connectivity index (χ3n) is 2.86. The van der Waals surface area contributed by atoms with Gasteiger partial charge in [-0.05, 0) is 17.7 Å². The van der Waals surface area contributed by atoms with E-state index in [2.05, 4.69) is 4.52 Å². The van der Waals surface area contributed by atoms with Crippen molar-refractivity contribution < 1.29 is 28.3 Å². The van der Waals surface area contributed by atoms with Gasteiger partial charge in [0.05, 0.1) is 11.8 Å². The number of carbonyl (C=O) groups is 2. The molecule has 0 aromatic heterocycles. The first-order valence-electron chi connectivity index (χ1n) is 7.00. The number of ether oxygens (including phenoxy) is 1. The van der Waals surface area contributed by atoms with E-state index in [1.54, 1.807) is 42.5 Å². The summed E-state index contributed by atoms with van der Waals surface area (Å²) in [7, 11) is -4.58. The Kier molecular flexibility index (Phi) is 6.12. The maximum absolute atomic E-state index is 11.7. The summed E-state index contributed by atoms with van der Waals surface area (Å²) in [5.74, 6) is -1.01. The highest BCUT2D eigenvalue weighted by Crippen LogP contribution is 2.36. The lowest BCUT2D eigenvalue weighted by Crippen LogP contribution is -2.29. The van der Waals surface area contributed by atoms with E-state index in [1.807, 2.05) is 11.4 Å². The molecule has 1 atom stereocenters. The number of nitrogens with one attached hydrogen (secondary N) is 1. The van der Waals surface area contributed by atoms with Crippen molar-refractivity contribution in [3.63, 3.8) is 0 Å². The predicted octanol–water partition coefficient (Wildman–Crippen LogP) is 2.28. The fourth-order valence-corrected chi connectivity index (χ4v) is 2.47. The van der Waals surface area contributed by atoms with Crippen LogP contribution >= 0.6 is 7.60 Å². The summed E-state index contributed by atoms with van der Waals surface area (Å²) < 4.78 is 21.0. The highest BCUT2D eigenvalue weighted by Gasteiger charge is 2.17. The molecule has 0 bridgehead atoms. The molecular weight excluding hydrogens is 333 g/mol. The smallest absolute Gasteiger partial charge is 0.407 e. The average molecular weight is 348 g/mol. The molecule has 2 rings (SSSR count). The van der Waals surface area contributed by atoms with E-state index in [-0.39, 0.29) is 12.2 Å². The summed E-state index contributed by atoms with van der Waals surface area (Å²) in [6.45, 7) is -0.000362. The normalized spacial score (nSPS) is 12.7. The van der Waals surface area contributed by atoms with Crippen molar-refractivity contribution in [3.8, 4) is 0 Å². The molecule has 2 aromatic carbocycles. The lowest BCUT2D eigenvalue weighted by molar-refractivity contribution is -0.193. The van der Waals surface area contributed by atoms with Crippen molar-refractivity contribution in [3.05, 3.63) is 71.8 Å². The fourth-order valence-electron chi connectivity index (χ4n) is 1.72. The van der Waals surface area contributed by atoms with Crippen LogP contribution in [0.15, 0.2) is 60.7 Å². The molecule has 24 heavy (non-hydrogen) atoms. The predicted molar refractivity (Wildman–Crippen MR) is 84.1 cm³/mol. The third kappa shape index (κ3) is 5.87. The Morgan fingerprint density at radius 3 is 2.21 bits per heavy atom. The number of benzene rings is 2. The zero-order valence-electron chi connectivity index (χ0n) is 12.6. The minimum atomic E-state index is -4.58. The zero-order chi connectivity index (χ0) is 17.4. The summed E-state index contributed by atoms with van der Waals surface area (Å²) in [4.78, 5) is 34.9. The van der Waals surface area contributed by atoms with Crippen LogP contribution in [0.5, 0.6) is 0 Å². The Labute approximate surface area is 138 Å². The third-order valence-corrected chi connectivity index (χ3v) is 3.85.